The highest BCUT2D eigenvalue weighted by molar-refractivity contribution is 7.89. The van der Waals surface area contributed by atoms with Crippen LogP contribution in [0, 0.1) is 13.8 Å². The van der Waals surface area contributed by atoms with Gasteiger partial charge in [0.1, 0.15) is 0 Å². The molecule has 0 spiro atoms. The highest BCUT2D eigenvalue weighted by Gasteiger charge is 2.14. The van der Waals surface area contributed by atoms with Gasteiger partial charge in [-0.2, -0.15) is 5.10 Å². The van der Waals surface area contributed by atoms with Crippen molar-refractivity contribution in [2.75, 3.05) is 0 Å². The van der Waals surface area contributed by atoms with E-state index in [1.807, 2.05) is 47.2 Å². The minimum absolute atomic E-state index is 0.0699. The van der Waals surface area contributed by atoms with E-state index in [9.17, 15) is 8.42 Å². The molecule has 31 heavy (non-hydrogen) atoms. The summed E-state index contributed by atoms with van der Waals surface area (Å²) >= 11 is 0. The van der Waals surface area contributed by atoms with E-state index in [2.05, 4.69) is 38.1 Å². The molecule has 0 unspecified atom stereocenters. The molecule has 0 aliphatic carbocycles. The van der Waals surface area contributed by atoms with Crippen molar-refractivity contribution in [2.24, 2.45) is 5.14 Å². The van der Waals surface area contributed by atoms with Crippen LogP contribution in [-0.2, 0) is 10.0 Å². The van der Waals surface area contributed by atoms with Crippen molar-refractivity contribution >= 4 is 22.2 Å². The average Bonchev–Trinajstić information content (AvgIpc) is 3.17. The smallest absolute Gasteiger partial charge is 0.232 e. The molecule has 3 aromatic carbocycles. The number of hydrogen-bond acceptors (Lipinski definition) is 3. The lowest BCUT2D eigenvalue weighted by molar-refractivity contribution is 0.598. The van der Waals surface area contributed by atoms with Gasteiger partial charge in [0.2, 0.25) is 10.0 Å². The summed E-state index contributed by atoms with van der Waals surface area (Å²) in [6.45, 7) is 4.13. The normalized spacial score (nSPS) is 11.8. The molecule has 4 aromatic rings. The fourth-order valence-electron chi connectivity index (χ4n) is 3.46. The Morgan fingerprint density at radius 3 is 2.13 bits per heavy atom. The van der Waals surface area contributed by atoms with Gasteiger partial charge in [-0.1, -0.05) is 54.6 Å². The second kappa shape index (κ2) is 8.34. The number of rotatable bonds is 5. The molecule has 0 bridgehead atoms. The molecule has 0 aliphatic rings. The van der Waals surface area contributed by atoms with Crippen LogP contribution in [0.15, 0.2) is 83.8 Å². The van der Waals surface area contributed by atoms with Gasteiger partial charge in [-0.05, 0) is 66.9 Å². The zero-order valence-electron chi connectivity index (χ0n) is 17.4. The number of sulfonamides is 1. The van der Waals surface area contributed by atoms with E-state index < -0.39 is 10.0 Å². The highest BCUT2D eigenvalue weighted by atomic mass is 32.2. The molecule has 0 saturated carbocycles. The molecule has 4 rings (SSSR count). The Morgan fingerprint density at radius 2 is 1.48 bits per heavy atom. The number of primary sulfonamides is 1. The maximum Gasteiger partial charge on any atom is 0.238 e. The van der Waals surface area contributed by atoms with Crippen molar-refractivity contribution in [1.82, 2.24) is 9.78 Å². The lowest BCUT2D eigenvalue weighted by atomic mass is 10.0. The summed E-state index contributed by atoms with van der Waals surface area (Å²) in [5.41, 5.74) is 6.98. The van der Waals surface area contributed by atoms with Gasteiger partial charge in [-0.15, -0.1) is 0 Å². The Kier molecular flexibility index (Phi) is 5.59. The molecule has 2 N–H and O–H groups in total. The maximum atomic E-state index is 11.6. The van der Waals surface area contributed by atoms with Gasteiger partial charge in [0, 0.05) is 5.56 Å². The first-order valence-electron chi connectivity index (χ1n) is 9.86. The van der Waals surface area contributed by atoms with Gasteiger partial charge in [0.15, 0.2) is 0 Å². The predicted octanol–water partition coefficient (Wildman–Crippen LogP) is 4.97. The maximum absolute atomic E-state index is 11.6. The van der Waals surface area contributed by atoms with Gasteiger partial charge in [-0.25, -0.2) is 18.2 Å². The van der Waals surface area contributed by atoms with Gasteiger partial charge in [-0.3, -0.25) is 0 Å². The summed E-state index contributed by atoms with van der Waals surface area (Å²) < 4.78 is 25.0. The van der Waals surface area contributed by atoms with Crippen molar-refractivity contribution in [1.29, 1.82) is 0 Å². The van der Waals surface area contributed by atoms with Crippen LogP contribution in [-0.4, -0.2) is 18.2 Å². The number of nitrogens with two attached hydrogens (primary N) is 1. The van der Waals surface area contributed by atoms with Crippen molar-refractivity contribution in [3.63, 3.8) is 0 Å². The predicted molar refractivity (Wildman–Crippen MR) is 125 cm³/mol. The quantitative estimate of drug-likeness (QED) is 0.486. The summed E-state index contributed by atoms with van der Waals surface area (Å²) in [6.07, 6.45) is 4.03. The number of benzene rings is 3. The van der Waals surface area contributed by atoms with E-state index in [-0.39, 0.29) is 4.90 Å². The molecular weight excluding hydrogens is 406 g/mol. The molecule has 156 valence electrons. The van der Waals surface area contributed by atoms with Gasteiger partial charge in [0.25, 0.3) is 0 Å². The van der Waals surface area contributed by atoms with Crippen molar-refractivity contribution in [3.05, 3.63) is 101 Å². The van der Waals surface area contributed by atoms with Crippen LogP contribution in [0.5, 0.6) is 0 Å². The lowest BCUT2D eigenvalue weighted by Crippen LogP contribution is -2.12. The standard InChI is InChI=1S/C25H23N3O2S/c1-18-7-3-5-9-20(18)11-12-21-17-25(24-10-6-4-8-19(24)2)28(27-21)22-13-15-23(16-14-22)31(26,29)30/h3-17H,1-2H3,(H2,26,29,30)/b12-11+. The third-order valence-electron chi connectivity index (χ3n) is 5.18. The summed E-state index contributed by atoms with van der Waals surface area (Å²) in [6, 6.07) is 24.7. The number of aryl methyl sites for hydroxylation is 2. The van der Waals surface area contributed by atoms with Crippen LogP contribution in [0.25, 0.3) is 29.1 Å². The fraction of sp³-hybridized carbons (Fsp3) is 0.0800. The lowest BCUT2D eigenvalue weighted by Gasteiger charge is -2.10. The molecule has 0 saturated heterocycles. The Hall–Kier alpha value is -3.48. The van der Waals surface area contributed by atoms with E-state index in [1.165, 1.54) is 17.7 Å². The summed E-state index contributed by atoms with van der Waals surface area (Å²) in [5, 5.41) is 10.0. The molecule has 0 atom stereocenters. The first-order valence-corrected chi connectivity index (χ1v) is 11.4. The molecule has 1 heterocycles. The van der Waals surface area contributed by atoms with Gasteiger partial charge in [0.05, 0.1) is 22.0 Å². The van der Waals surface area contributed by atoms with Gasteiger partial charge >= 0.3 is 0 Å². The second-order valence-electron chi connectivity index (χ2n) is 7.41. The Morgan fingerprint density at radius 1 is 0.839 bits per heavy atom. The molecule has 0 radical (unpaired) electrons. The van der Waals surface area contributed by atoms with Crippen molar-refractivity contribution < 1.29 is 8.42 Å². The zero-order chi connectivity index (χ0) is 22.0. The van der Waals surface area contributed by atoms with Crippen LogP contribution >= 0.6 is 0 Å². The Labute approximate surface area is 182 Å². The molecule has 0 aliphatic heterocycles. The third kappa shape index (κ3) is 4.50. The topological polar surface area (TPSA) is 78.0 Å². The fourth-order valence-corrected chi connectivity index (χ4v) is 3.97. The third-order valence-corrected chi connectivity index (χ3v) is 6.11. The van der Waals surface area contributed by atoms with Crippen LogP contribution in [0.1, 0.15) is 22.4 Å². The largest absolute Gasteiger partial charge is 0.238 e. The SMILES string of the molecule is Cc1ccccc1/C=C/c1cc(-c2ccccc2C)n(-c2ccc(S(N)(=O)=O)cc2)n1. The van der Waals surface area contributed by atoms with Crippen LogP contribution in [0.3, 0.4) is 0 Å². The van der Waals surface area contributed by atoms with Crippen molar-refractivity contribution in [2.45, 2.75) is 18.7 Å². The number of aromatic nitrogens is 2. The summed E-state index contributed by atoms with van der Waals surface area (Å²) in [4.78, 5) is 0.0699. The summed E-state index contributed by atoms with van der Waals surface area (Å²) in [7, 11) is -3.75. The average molecular weight is 430 g/mol. The van der Waals surface area contributed by atoms with E-state index in [0.717, 1.165) is 33.8 Å². The molecular formula is C25H23N3O2S. The van der Waals surface area contributed by atoms with Crippen LogP contribution < -0.4 is 5.14 Å². The van der Waals surface area contributed by atoms with Crippen LogP contribution in [0.2, 0.25) is 0 Å². The molecule has 5 nitrogen and oxygen atoms in total. The zero-order valence-corrected chi connectivity index (χ0v) is 18.2. The molecule has 1 aromatic heterocycles. The summed E-state index contributed by atoms with van der Waals surface area (Å²) in [5.74, 6) is 0. The first-order chi connectivity index (χ1) is 14.8. The number of nitrogens with zero attached hydrogens (tertiary/aromatic N) is 2. The van der Waals surface area contributed by atoms with E-state index in [1.54, 1.807) is 12.1 Å². The Bertz CT molecular complexity index is 1370. The Balaban J connectivity index is 1.81. The van der Waals surface area contributed by atoms with Crippen LogP contribution in [0.4, 0.5) is 0 Å². The molecule has 6 heteroatoms. The minimum atomic E-state index is -3.75. The second-order valence-corrected chi connectivity index (χ2v) is 8.97. The first kappa shape index (κ1) is 20.8. The van der Waals surface area contributed by atoms with E-state index in [0.29, 0.717) is 0 Å². The molecule has 0 fully saturated rings. The van der Waals surface area contributed by atoms with Gasteiger partial charge < -0.3 is 0 Å². The monoisotopic (exact) mass is 429 g/mol. The van der Waals surface area contributed by atoms with E-state index in [4.69, 9.17) is 10.2 Å². The minimum Gasteiger partial charge on any atom is -0.232 e. The molecule has 0 amide bonds. The highest BCUT2D eigenvalue weighted by Crippen LogP contribution is 2.28. The number of hydrogen-bond donors (Lipinski definition) is 1. The van der Waals surface area contributed by atoms with Crippen molar-refractivity contribution in [3.8, 4) is 16.9 Å². The van der Waals surface area contributed by atoms with E-state index >= 15 is 0 Å².